The fourth-order valence-corrected chi connectivity index (χ4v) is 15.1. The van der Waals surface area contributed by atoms with E-state index in [2.05, 4.69) is 103 Å². The largest absolute Gasteiger partial charge is 3.00 e. The van der Waals surface area contributed by atoms with E-state index in [1.807, 2.05) is 48.7 Å². The van der Waals surface area contributed by atoms with Crippen molar-refractivity contribution >= 4 is 99.2 Å². The number of furan rings is 1. The molecule has 70 heavy (non-hydrogen) atoms. The van der Waals surface area contributed by atoms with Gasteiger partial charge in [-0.15, -0.1) is 16.6 Å². The molecule has 0 N–H and O–H groups in total. The molecule has 1 aliphatic carbocycles. The van der Waals surface area contributed by atoms with E-state index < -0.39 is 39.0 Å². The second kappa shape index (κ2) is 19.3. The molecule has 0 bridgehead atoms. The van der Waals surface area contributed by atoms with Crippen molar-refractivity contribution in [2.24, 2.45) is 5.92 Å². The molecule has 10 heteroatoms. The van der Waals surface area contributed by atoms with Crippen LogP contribution in [-0.2, 0) is 26.5 Å². The molecule has 354 valence electrons. The van der Waals surface area contributed by atoms with E-state index in [-0.39, 0.29) is 25.7 Å². The summed E-state index contributed by atoms with van der Waals surface area (Å²) in [5.74, 6) is 7.38. The Bertz CT molecular complexity index is 3790. The van der Waals surface area contributed by atoms with Gasteiger partial charge < -0.3 is 14.6 Å². The maximum absolute atomic E-state index is 13.6. The van der Waals surface area contributed by atoms with Crippen molar-refractivity contribution in [1.29, 1.82) is 0 Å². The summed E-state index contributed by atoms with van der Waals surface area (Å²) in [5, 5.41) is 10.8. The number of benzene rings is 5. The van der Waals surface area contributed by atoms with Crippen LogP contribution in [0.1, 0.15) is 98.5 Å². The average Bonchev–Trinajstić information content (AvgIpc) is 4.11. The predicted octanol–water partition coefficient (Wildman–Crippen LogP) is 17.0. The third-order valence-corrected chi connectivity index (χ3v) is 19.3. The number of aromatic nitrogens is 3. The number of hydrogen-bond acceptors (Lipinski definition) is 6. The van der Waals surface area contributed by atoms with E-state index in [0.29, 0.717) is 28.8 Å². The molecule has 12 rings (SSSR count). The van der Waals surface area contributed by atoms with Gasteiger partial charge in [-0.3, -0.25) is 4.98 Å². The molecule has 1 fully saturated rings. The van der Waals surface area contributed by atoms with Gasteiger partial charge in [0.25, 0.3) is 0 Å². The molecule has 2 aliphatic rings. The van der Waals surface area contributed by atoms with Crippen LogP contribution in [0.3, 0.4) is 0 Å². The monoisotopic (exact) mass is 1190 g/mol. The maximum atomic E-state index is 13.6. The second-order valence-electron chi connectivity index (χ2n) is 20.2. The number of rotatable bonds is 7. The van der Waals surface area contributed by atoms with Crippen LogP contribution in [0.15, 0.2) is 114 Å². The Morgan fingerprint density at radius 3 is 2.53 bits per heavy atom. The van der Waals surface area contributed by atoms with E-state index in [4.69, 9.17) is 26.6 Å². The number of fused-ring (bicyclic) bond motifs is 9. The van der Waals surface area contributed by atoms with Gasteiger partial charge in [-0.05, 0) is 80.2 Å². The summed E-state index contributed by atoms with van der Waals surface area (Å²) in [4.78, 5) is 17.9. The summed E-state index contributed by atoms with van der Waals surface area (Å²) in [6.07, 6.45) is 8.74. The zero-order valence-electron chi connectivity index (χ0n) is 45.2. The first-order valence-electron chi connectivity index (χ1n) is 26.7. The molecular weight excluding hydrogens is 1120 g/mol. The smallest absolute Gasteiger partial charge is 0.661 e. The molecule has 5 aromatic heterocycles. The van der Waals surface area contributed by atoms with Crippen LogP contribution in [-0.4, -0.2) is 28.2 Å². The molecule has 6 heterocycles. The van der Waals surface area contributed by atoms with Crippen molar-refractivity contribution < 1.29 is 35.8 Å². The van der Waals surface area contributed by atoms with E-state index in [0.717, 1.165) is 83.0 Å². The van der Waals surface area contributed by atoms with E-state index >= 15 is 0 Å². The van der Waals surface area contributed by atoms with Crippen LogP contribution < -0.4 is 9.30 Å². The topological polar surface area (TPSA) is 69.2 Å². The molecule has 0 amide bonds. The van der Waals surface area contributed by atoms with Gasteiger partial charge >= 0.3 is 160 Å². The first-order chi connectivity index (χ1) is 35.4. The SMILES string of the molecule is [2H]C([2H])([2H])c1cc(F)c[c-]c1-c1cc(CC(C)C)[c]([Ge]([CH3])([CH3])[CH3])cn1.[2H]C([2H])c1ccc2c3c(ccc2n1)[N-]C(c1[c-]ccc2c1sc1nc(C4CCCCC4)ccc12)N3c1ccc(C)c2oc3ccccc3c12.[Ir+3]. The number of thiophene rings is 1. The minimum absolute atomic E-state index is 0. The molecule has 0 spiro atoms. The number of halogens is 1. The van der Waals surface area contributed by atoms with Crippen LogP contribution >= 0.6 is 11.3 Å². The summed E-state index contributed by atoms with van der Waals surface area (Å²) in [6, 6.07) is 39.7. The van der Waals surface area contributed by atoms with Crippen molar-refractivity contribution in [3.05, 3.63) is 166 Å². The second-order valence-corrected chi connectivity index (χ2v) is 31.7. The summed E-state index contributed by atoms with van der Waals surface area (Å²) >= 11 is -0.354. The molecule has 1 atom stereocenters. The molecule has 0 radical (unpaired) electrons. The zero-order chi connectivity index (χ0) is 51.8. The Balaban J connectivity index is 0.000000210. The number of hydrogen-bond donors (Lipinski definition) is 0. The van der Waals surface area contributed by atoms with Crippen LogP contribution in [0, 0.1) is 44.5 Å². The minimum atomic E-state index is -2.41. The molecule has 6 nitrogen and oxygen atoms in total. The maximum Gasteiger partial charge on any atom is 3.00 e. The number of para-hydroxylation sites is 1. The van der Waals surface area contributed by atoms with Crippen molar-refractivity contribution in [3.63, 3.8) is 0 Å². The third kappa shape index (κ3) is 8.86. The number of anilines is 2. The van der Waals surface area contributed by atoms with Crippen LogP contribution in [0.2, 0.25) is 17.3 Å². The third-order valence-electron chi connectivity index (χ3n) is 13.8. The normalized spacial score (nSPS) is 16.4. The van der Waals surface area contributed by atoms with Gasteiger partial charge in [0, 0.05) is 36.5 Å². The molecule has 10 aromatic rings. The Hall–Kier alpha value is -5.45. The fourth-order valence-electron chi connectivity index (χ4n) is 10.5. The molecule has 1 aliphatic heterocycles. The fraction of sp³-hybridized carbons (Fsp3) is 0.283. The minimum Gasteiger partial charge on any atom is -0.661 e. The Labute approximate surface area is 437 Å². The van der Waals surface area contributed by atoms with Gasteiger partial charge in [-0.2, -0.15) is 29.5 Å². The Kier molecular flexibility index (Phi) is 11.6. The first-order valence-corrected chi connectivity index (χ1v) is 32.2. The van der Waals surface area contributed by atoms with Gasteiger partial charge in [0.05, 0.1) is 16.6 Å². The van der Waals surface area contributed by atoms with Crippen molar-refractivity contribution in [2.75, 3.05) is 4.90 Å². The van der Waals surface area contributed by atoms with Crippen LogP contribution in [0.25, 0.3) is 69.7 Å². The molecule has 1 saturated carbocycles. The Morgan fingerprint density at radius 2 is 1.73 bits per heavy atom. The van der Waals surface area contributed by atoms with Gasteiger partial charge in [0.1, 0.15) is 16.0 Å². The quantitative estimate of drug-likeness (QED) is 0.117. The number of nitrogens with zero attached hydrogens (tertiary/aromatic N) is 5. The standard InChI is InChI=1S/C41H32N4OS.C19H25FGeN.Ir/c1-23-15-22-34(36-29-11-6-7-14-35(29)46-38(23)36)45-37-28-17-16-24(2)42-32(28)20-21-33(37)43-40(45)30-13-8-12-26-27-18-19-31(25-9-4-3-5-10-25)44-41(27)47-39(26)30;1-13(2)9-15-11-19(22-12-18(15)21(4,5)6)17-8-7-16(20)10-14(17)3;/h6-8,11-12,14-22,25,40H,3-5,9-10H2,1-2H3;7,10-13H,9H2,1-6H3;/q-2;-1;+3/i2D2;3D3;. The van der Waals surface area contributed by atoms with E-state index in [1.165, 1.54) is 64.6 Å². The zero-order valence-corrected chi connectivity index (χ0v) is 45.5. The summed E-state index contributed by atoms with van der Waals surface area (Å²) in [6.45, 7) is 2.85. The van der Waals surface area contributed by atoms with E-state index in [9.17, 15) is 4.39 Å². The van der Waals surface area contributed by atoms with Gasteiger partial charge in [-0.25, -0.2) is 4.98 Å². The molecule has 1 unspecified atom stereocenters. The molecular formula is C60H57FGeIrN5OS. The molecule has 0 saturated heterocycles. The first kappa shape index (κ1) is 42.3. The van der Waals surface area contributed by atoms with Gasteiger partial charge in [0.15, 0.2) is 0 Å². The predicted molar refractivity (Wildman–Crippen MR) is 289 cm³/mol. The number of aryl methyl sites for hydroxylation is 3. The van der Waals surface area contributed by atoms with Crippen molar-refractivity contribution in [1.82, 2.24) is 15.0 Å². The van der Waals surface area contributed by atoms with Gasteiger partial charge in [0.2, 0.25) is 0 Å². The summed E-state index contributed by atoms with van der Waals surface area (Å²) in [7, 11) is 0. The summed E-state index contributed by atoms with van der Waals surface area (Å²) < 4.78 is 61.6. The van der Waals surface area contributed by atoms with Gasteiger partial charge in [-0.1, -0.05) is 60.4 Å². The van der Waals surface area contributed by atoms with Crippen LogP contribution in [0.5, 0.6) is 0 Å². The Morgan fingerprint density at radius 1 is 0.900 bits per heavy atom. The number of pyridine rings is 3. The average molecular weight is 1190 g/mol. The van der Waals surface area contributed by atoms with Crippen molar-refractivity contribution in [3.8, 4) is 11.3 Å². The van der Waals surface area contributed by atoms with Crippen LogP contribution in [0.4, 0.5) is 21.5 Å². The summed E-state index contributed by atoms with van der Waals surface area (Å²) in [5.41, 5.74) is 11.1. The van der Waals surface area contributed by atoms with E-state index in [1.54, 1.807) is 17.4 Å². The van der Waals surface area contributed by atoms with Crippen molar-refractivity contribution in [2.45, 2.75) is 102 Å². The molecule has 5 aromatic carbocycles.